The summed E-state index contributed by atoms with van der Waals surface area (Å²) in [6, 6.07) is 3.67. The molecule has 18 heavy (non-hydrogen) atoms. The largest absolute Gasteiger partial charge is 0.398 e. The summed E-state index contributed by atoms with van der Waals surface area (Å²) in [5.74, 6) is 0. The SMILES string of the molecule is Cc1ccc(N)c(C)c1S(=O)(=O)N(C)C1CCC1. The van der Waals surface area contributed by atoms with Crippen LogP contribution in [0.5, 0.6) is 0 Å². The average molecular weight is 268 g/mol. The Morgan fingerprint density at radius 3 is 2.39 bits per heavy atom. The van der Waals surface area contributed by atoms with Crippen molar-refractivity contribution in [3.05, 3.63) is 23.3 Å². The molecule has 1 aliphatic rings. The Labute approximate surface area is 109 Å². The van der Waals surface area contributed by atoms with Crippen LogP contribution in [-0.2, 0) is 10.0 Å². The monoisotopic (exact) mass is 268 g/mol. The second-order valence-electron chi connectivity index (χ2n) is 5.03. The minimum atomic E-state index is -3.43. The highest BCUT2D eigenvalue weighted by Gasteiger charge is 2.33. The van der Waals surface area contributed by atoms with Gasteiger partial charge in [0.2, 0.25) is 10.0 Å². The second kappa shape index (κ2) is 4.55. The Bertz CT molecular complexity index is 563. The smallest absolute Gasteiger partial charge is 0.243 e. The van der Waals surface area contributed by atoms with Crippen molar-refractivity contribution in [2.45, 2.75) is 44.0 Å². The van der Waals surface area contributed by atoms with Gasteiger partial charge in [0.05, 0.1) is 4.90 Å². The van der Waals surface area contributed by atoms with Crippen LogP contribution in [0.1, 0.15) is 30.4 Å². The van der Waals surface area contributed by atoms with E-state index < -0.39 is 10.0 Å². The standard InChI is InChI=1S/C13H20N2O2S/c1-9-7-8-12(14)10(2)13(9)18(16,17)15(3)11-5-4-6-11/h7-8,11H,4-6,14H2,1-3H3. The van der Waals surface area contributed by atoms with Gasteiger partial charge in [-0.05, 0) is 43.9 Å². The molecule has 1 saturated carbocycles. The molecular weight excluding hydrogens is 248 g/mol. The van der Waals surface area contributed by atoms with Crippen molar-refractivity contribution in [3.8, 4) is 0 Å². The van der Waals surface area contributed by atoms with Gasteiger partial charge >= 0.3 is 0 Å². The Morgan fingerprint density at radius 2 is 1.89 bits per heavy atom. The molecule has 1 fully saturated rings. The number of sulfonamides is 1. The summed E-state index contributed by atoms with van der Waals surface area (Å²) in [7, 11) is -1.76. The van der Waals surface area contributed by atoms with Gasteiger partial charge in [-0.25, -0.2) is 8.42 Å². The third-order valence-electron chi connectivity index (χ3n) is 3.87. The zero-order chi connectivity index (χ0) is 13.5. The zero-order valence-corrected chi connectivity index (χ0v) is 11.9. The number of nitrogens with zero attached hydrogens (tertiary/aromatic N) is 1. The third kappa shape index (κ3) is 2.01. The Kier molecular flexibility index (Phi) is 3.38. The van der Waals surface area contributed by atoms with E-state index in [0.717, 1.165) is 24.8 Å². The Morgan fingerprint density at radius 1 is 1.28 bits per heavy atom. The van der Waals surface area contributed by atoms with Gasteiger partial charge in [-0.1, -0.05) is 12.5 Å². The van der Waals surface area contributed by atoms with Crippen molar-refractivity contribution in [2.75, 3.05) is 12.8 Å². The molecule has 1 aliphatic carbocycles. The minimum absolute atomic E-state index is 0.148. The highest BCUT2D eigenvalue weighted by molar-refractivity contribution is 7.89. The van der Waals surface area contributed by atoms with Crippen LogP contribution in [0.4, 0.5) is 5.69 Å². The van der Waals surface area contributed by atoms with Gasteiger partial charge in [0.25, 0.3) is 0 Å². The third-order valence-corrected chi connectivity index (χ3v) is 6.07. The normalized spacial score (nSPS) is 16.9. The van der Waals surface area contributed by atoms with Crippen LogP contribution in [-0.4, -0.2) is 25.8 Å². The summed E-state index contributed by atoms with van der Waals surface area (Å²) < 4.78 is 26.8. The van der Waals surface area contributed by atoms with E-state index in [-0.39, 0.29) is 6.04 Å². The van der Waals surface area contributed by atoms with Gasteiger partial charge < -0.3 is 5.73 Å². The maximum Gasteiger partial charge on any atom is 0.243 e. The first-order valence-electron chi connectivity index (χ1n) is 6.19. The fourth-order valence-corrected chi connectivity index (χ4v) is 4.20. The molecule has 5 heteroatoms. The Hall–Kier alpha value is -1.07. The number of rotatable bonds is 3. The molecule has 0 aromatic heterocycles. The number of nitrogens with two attached hydrogens (primary N) is 1. The van der Waals surface area contributed by atoms with Crippen LogP contribution in [0.2, 0.25) is 0 Å². The number of aryl methyl sites for hydroxylation is 1. The molecule has 0 heterocycles. The Balaban J connectivity index is 2.50. The molecule has 2 N–H and O–H groups in total. The van der Waals surface area contributed by atoms with Crippen LogP contribution in [0.3, 0.4) is 0 Å². The van der Waals surface area contributed by atoms with E-state index in [1.165, 1.54) is 4.31 Å². The lowest BCUT2D eigenvalue weighted by Crippen LogP contribution is -2.41. The molecule has 2 rings (SSSR count). The number of benzene rings is 1. The van der Waals surface area contributed by atoms with E-state index >= 15 is 0 Å². The fourth-order valence-electron chi connectivity index (χ4n) is 2.33. The summed E-state index contributed by atoms with van der Waals surface area (Å²) in [4.78, 5) is 0.372. The quantitative estimate of drug-likeness (QED) is 0.853. The number of nitrogen functional groups attached to an aromatic ring is 1. The van der Waals surface area contributed by atoms with Crippen molar-refractivity contribution in [1.82, 2.24) is 4.31 Å². The molecule has 100 valence electrons. The van der Waals surface area contributed by atoms with Crippen LogP contribution < -0.4 is 5.73 Å². The van der Waals surface area contributed by atoms with Crippen LogP contribution in [0, 0.1) is 13.8 Å². The van der Waals surface area contributed by atoms with E-state index in [9.17, 15) is 8.42 Å². The van der Waals surface area contributed by atoms with Crippen molar-refractivity contribution in [2.24, 2.45) is 0 Å². The molecule has 0 atom stereocenters. The lowest BCUT2D eigenvalue weighted by molar-refractivity contribution is 0.249. The summed E-state index contributed by atoms with van der Waals surface area (Å²) in [6.45, 7) is 3.58. The van der Waals surface area contributed by atoms with E-state index in [4.69, 9.17) is 5.73 Å². The second-order valence-corrected chi connectivity index (χ2v) is 6.97. The van der Waals surface area contributed by atoms with E-state index in [1.807, 2.05) is 6.92 Å². The van der Waals surface area contributed by atoms with Gasteiger partial charge in [-0.15, -0.1) is 0 Å². The molecular formula is C13H20N2O2S. The number of hydrogen-bond acceptors (Lipinski definition) is 3. The first-order chi connectivity index (χ1) is 8.35. The highest BCUT2D eigenvalue weighted by atomic mass is 32.2. The van der Waals surface area contributed by atoms with E-state index in [2.05, 4.69) is 0 Å². The minimum Gasteiger partial charge on any atom is -0.398 e. The van der Waals surface area contributed by atoms with Crippen molar-refractivity contribution >= 4 is 15.7 Å². The lowest BCUT2D eigenvalue weighted by Gasteiger charge is -2.34. The van der Waals surface area contributed by atoms with Crippen LogP contribution in [0.25, 0.3) is 0 Å². The van der Waals surface area contributed by atoms with Crippen LogP contribution in [0.15, 0.2) is 17.0 Å². The molecule has 0 aliphatic heterocycles. The zero-order valence-electron chi connectivity index (χ0n) is 11.1. The molecule has 0 spiro atoms. The fraction of sp³-hybridized carbons (Fsp3) is 0.538. The number of hydrogen-bond donors (Lipinski definition) is 1. The maximum atomic E-state index is 12.6. The summed E-state index contributed by atoms with van der Waals surface area (Å²) >= 11 is 0. The highest BCUT2D eigenvalue weighted by Crippen LogP contribution is 2.32. The predicted octanol–water partition coefficient (Wildman–Crippen LogP) is 2.06. The predicted molar refractivity (Wildman–Crippen MR) is 72.9 cm³/mol. The van der Waals surface area contributed by atoms with E-state index in [0.29, 0.717) is 16.1 Å². The first-order valence-corrected chi connectivity index (χ1v) is 7.63. The van der Waals surface area contributed by atoms with Crippen molar-refractivity contribution in [3.63, 3.8) is 0 Å². The maximum absolute atomic E-state index is 12.6. The van der Waals surface area contributed by atoms with Crippen LogP contribution >= 0.6 is 0 Å². The average Bonchev–Trinajstić information content (AvgIpc) is 2.21. The molecule has 1 aromatic carbocycles. The summed E-state index contributed by atoms with van der Waals surface area (Å²) in [5, 5.41) is 0. The van der Waals surface area contributed by atoms with E-state index in [1.54, 1.807) is 26.1 Å². The van der Waals surface area contributed by atoms with Gasteiger partial charge in [-0.3, -0.25) is 0 Å². The number of anilines is 1. The summed E-state index contributed by atoms with van der Waals surface area (Å²) in [6.07, 6.45) is 3.02. The van der Waals surface area contributed by atoms with Gasteiger partial charge in [-0.2, -0.15) is 4.31 Å². The first kappa shape index (κ1) is 13.4. The molecule has 0 bridgehead atoms. The molecule has 0 radical (unpaired) electrons. The van der Waals surface area contributed by atoms with Gasteiger partial charge in [0, 0.05) is 18.8 Å². The van der Waals surface area contributed by atoms with Gasteiger partial charge in [0.1, 0.15) is 0 Å². The molecule has 0 unspecified atom stereocenters. The summed E-state index contributed by atoms with van der Waals surface area (Å²) in [5.41, 5.74) is 7.77. The molecule has 0 saturated heterocycles. The van der Waals surface area contributed by atoms with Crippen molar-refractivity contribution < 1.29 is 8.42 Å². The molecule has 4 nitrogen and oxygen atoms in total. The molecule has 0 amide bonds. The lowest BCUT2D eigenvalue weighted by atomic mass is 9.94. The topological polar surface area (TPSA) is 63.4 Å². The molecule has 1 aromatic rings. The van der Waals surface area contributed by atoms with Gasteiger partial charge in [0.15, 0.2) is 0 Å². The van der Waals surface area contributed by atoms with Crippen molar-refractivity contribution in [1.29, 1.82) is 0 Å².